The minimum Gasteiger partial charge on any atom is -0.369 e. The van der Waals surface area contributed by atoms with Crippen LogP contribution in [-0.4, -0.2) is 68.4 Å². The molecule has 28 heavy (non-hydrogen) atoms. The van der Waals surface area contributed by atoms with Crippen molar-refractivity contribution < 1.29 is 9.59 Å². The smallest absolute Gasteiger partial charge is 0.253 e. The number of aryl methyl sites for hydroxylation is 1. The maximum Gasteiger partial charge on any atom is 0.253 e. The van der Waals surface area contributed by atoms with E-state index in [4.69, 9.17) is 0 Å². The fourth-order valence-corrected chi connectivity index (χ4v) is 3.35. The van der Waals surface area contributed by atoms with Crippen LogP contribution < -0.4 is 10.2 Å². The number of hydrogen-bond acceptors (Lipinski definition) is 4. The van der Waals surface area contributed by atoms with Gasteiger partial charge in [0, 0.05) is 57.2 Å². The van der Waals surface area contributed by atoms with E-state index >= 15 is 0 Å². The summed E-state index contributed by atoms with van der Waals surface area (Å²) in [5.74, 6) is -0.0833. The zero-order valence-corrected chi connectivity index (χ0v) is 16.8. The molecule has 2 aromatic rings. The first-order valence-corrected chi connectivity index (χ1v) is 9.58. The van der Waals surface area contributed by atoms with Gasteiger partial charge in [-0.1, -0.05) is 12.1 Å². The van der Waals surface area contributed by atoms with Crippen LogP contribution in [0.2, 0.25) is 0 Å². The molecule has 0 aromatic heterocycles. The molecule has 1 aliphatic heterocycles. The van der Waals surface area contributed by atoms with Gasteiger partial charge in [-0.3, -0.25) is 14.5 Å². The number of hydrogen-bond donors (Lipinski definition) is 1. The van der Waals surface area contributed by atoms with Crippen molar-refractivity contribution >= 4 is 23.2 Å². The minimum atomic E-state index is -0.0515. The Balaban J connectivity index is 1.47. The number of nitrogens with one attached hydrogen (secondary N) is 1. The van der Waals surface area contributed by atoms with Gasteiger partial charge in [-0.05, 0) is 48.9 Å². The van der Waals surface area contributed by atoms with Crippen LogP contribution in [0.15, 0.2) is 48.5 Å². The van der Waals surface area contributed by atoms with E-state index in [1.807, 2.05) is 0 Å². The molecule has 0 saturated carbocycles. The van der Waals surface area contributed by atoms with E-state index in [0.717, 1.165) is 26.2 Å². The predicted octanol–water partition coefficient (Wildman–Crippen LogP) is 2.46. The van der Waals surface area contributed by atoms with Crippen molar-refractivity contribution in [2.24, 2.45) is 0 Å². The van der Waals surface area contributed by atoms with Crippen LogP contribution in [-0.2, 0) is 4.79 Å². The van der Waals surface area contributed by atoms with Crippen LogP contribution in [0.5, 0.6) is 0 Å². The zero-order valence-electron chi connectivity index (χ0n) is 16.8. The van der Waals surface area contributed by atoms with E-state index < -0.39 is 0 Å². The molecule has 1 aliphatic rings. The first kappa shape index (κ1) is 19.9. The van der Waals surface area contributed by atoms with Crippen LogP contribution in [0.4, 0.5) is 11.4 Å². The Labute approximate surface area is 166 Å². The van der Waals surface area contributed by atoms with E-state index in [0.29, 0.717) is 17.8 Å². The molecule has 6 heteroatoms. The Morgan fingerprint density at radius 3 is 2.29 bits per heavy atom. The molecule has 1 fully saturated rings. The fraction of sp³-hybridized carbons (Fsp3) is 0.364. The summed E-state index contributed by atoms with van der Waals surface area (Å²) in [6.07, 6.45) is 0. The van der Waals surface area contributed by atoms with Crippen molar-refractivity contribution in [3.8, 4) is 0 Å². The monoisotopic (exact) mass is 380 g/mol. The second kappa shape index (κ2) is 8.89. The first-order chi connectivity index (χ1) is 13.4. The average Bonchev–Trinajstić information content (AvgIpc) is 2.68. The van der Waals surface area contributed by atoms with Gasteiger partial charge in [-0.25, -0.2) is 0 Å². The highest BCUT2D eigenvalue weighted by molar-refractivity contribution is 5.96. The third-order valence-electron chi connectivity index (χ3n) is 4.93. The van der Waals surface area contributed by atoms with Gasteiger partial charge in [0.25, 0.3) is 5.91 Å². The Bertz CT molecular complexity index is 825. The maximum absolute atomic E-state index is 12.4. The third kappa shape index (κ3) is 5.10. The normalized spacial score (nSPS) is 14.6. The fourth-order valence-electron chi connectivity index (χ4n) is 3.35. The van der Waals surface area contributed by atoms with E-state index in [-0.39, 0.29) is 11.8 Å². The second-order valence-corrected chi connectivity index (χ2v) is 7.43. The maximum atomic E-state index is 12.4. The predicted molar refractivity (Wildman–Crippen MR) is 113 cm³/mol. The summed E-state index contributed by atoms with van der Waals surface area (Å²) in [5.41, 5.74) is 3.82. The number of benzene rings is 2. The van der Waals surface area contributed by atoms with Crippen molar-refractivity contribution in [3.05, 3.63) is 59.7 Å². The molecule has 1 heterocycles. The van der Waals surface area contributed by atoms with Gasteiger partial charge in [-0.2, -0.15) is 0 Å². The van der Waals surface area contributed by atoms with Crippen LogP contribution in [0.3, 0.4) is 0 Å². The average molecular weight is 380 g/mol. The highest BCUT2D eigenvalue weighted by atomic mass is 16.2. The number of piperazine rings is 1. The van der Waals surface area contributed by atoms with Gasteiger partial charge in [0.2, 0.25) is 5.91 Å². The first-order valence-electron chi connectivity index (χ1n) is 9.58. The van der Waals surface area contributed by atoms with E-state index in [1.54, 1.807) is 38.4 Å². The molecule has 1 saturated heterocycles. The number of carbonyl (C=O) groups excluding carboxylic acids is 2. The van der Waals surface area contributed by atoms with Gasteiger partial charge in [0.1, 0.15) is 0 Å². The van der Waals surface area contributed by atoms with Gasteiger partial charge in [-0.15, -0.1) is 0 Å². The summed E-state index contributed by atoms with van der Waals surface area (Å²) in [6.45, 7) is 6.03. The molecular formula is C22H28N4O2. The second-order valence-electron chi connectivity index (χ2n) is 7.43. The number of rotatable bonds is 5. The summed E-state index contributed by atoms with van der Waals surface area (Å²) >= 11 is 0. The van der Waals surface area contributed by atoms with Crippen molar-refractivity contribution in [3.63, 3.8) is 0 Å². The molecule has 0 bridgehead atoms. The Morgan fingerprint density at radius 2 is 1.68 bits per heavy atom. The highest BCUT2D eigenvalue weighted by Crippen LogP contribution is 2.18. The molecule has 2 amide bonds. The van der Waals surface area contributed by atoms with Crippen molar-refractivity contribution in [2.75, 3.05) is 57.0 Å². The lowest BCUT2D eigenvalue weighted by Gasteiger charge is -2.35. The summed E-state index contributed by atoms with van der Waals surface area (Å²) in [4.78, 5) is 30.3. The van der Waals surface area contributed by atoms with Gasteiger partial charge >= 0.3 is 0 Å². The molecule has 6 nitrogen and oxygen atoms in total. The van der Waals surface area contributed by atoms with Gasteiger partial charge < -0.3 is 15.1 Å². The van der Waals surface area contributed by atoms with Crippen LogP contribution in [0.25, 0.3) is 0 Å². The van der Waals surface area contributed by atoms with Crippen molar-refractivity contribution in [2.45, 2.75) is 6.92 Å². The van der Waals surface area contributed by atoms with Crippen molar-refractivity contribution in [1.82, 2.24) is 9.80 Å². The number of nitrogens with zero attached hydrogens (tertiary/aromatic N) is 3. The molecule has 2 aromatic carbocycles. The molecule has 148 valence electrons. The molecule has 0 atom stereocenters. The topological polar surface area (TPSA) is 55.9 Å². The van der Waals surface area contributed by atoms with Gasteiger partial charge in [0.15, 0.2) is 0 Å². The summed E-state index contributed by atoms with van der Waals surface area (Å²) in [5, 5.41) is 2.92. The number of carbonyl (C=O) groups is 2. The third-order valence-corrected chi connectivity index (χ3v) is 4.93. The van der Waals surface area contributed by atoms with Crippen LogP contribution in [0.1, 0.15) is 15.9 Å². The lowest BCUT2D eigenvalue weighted by atomic mass is 10.2. The molecule has 0 aliphatic carbocycles. The van der Waals surface area contributed by atoms with E-state index in [9.17, 15) is 9.59 Å². The Morgan fingerprint density at radius 1 is 1.00 bits per heavy atom. The summed E-state index contributed by atoms with van der Waals surface area (Å²) < 4.78 is 0. The molecule has 0 radical (unpaired) electrons. The largest absolute Gasteiger partial charge is 0.369 e. The van der Waals surface area contributed by atoms with Crippen LogP contribution in [0, 0.1) is 6.92 Å². The van der Waals surface area contributed by atoms with Crippen molar-refractivity contribution in [1.29, 1.82) is 0 Å². The molecular weight excluding hydrogens is 352 g/mol. The zero-order chi connectivity index (χ0) is 20.1. The molecule has 0 spiro atoms. The number of anilines is 2. The molecule has 0 unspecified atom stereocenters. The standard InChI is InChI=1S/C22H28N4O2/c1-17-5-4-6-20(15-17)26-13-11-25(12-14-26)16-21(27)23-19-9-7-18(8-10-19)22(28)24(2)3/h4-10,15H,11-14,16H2,1-3H3,(H,23,27). The van der Waals surface area contributed by atoms with Crippen LogP contribution >= 0.6 is 0 Å². The Hall–Kier alpha value is -2.86. The Kier molecular flexibility index (Phi) is 6.31. The molecule has 1 N–H and O–H groups in total. The highest BCUT2D eigenvalue weighted by Gasteiger charge is 2.19. The number of amides is 2. The van der Waals surface area contributed by atoms with E-state index in [2.05, 4.69) is 46.3 Å². The SMILES string of the molecule is Cc1cccc(N2CCN(CC(=O)Nc3ccc(C(=O)N(C)C)cc3)CC2)c1. The minimum absolute atomic E-state index is 0.0318. The summed E-state index contributed by atoms with van der Waals surface area (Å²) in [6, 6.07) is 15.5. The van der Waals surface area contributed by atoms with Gasteiger partial charge in [0.05, 0.1) is 6.54 Å². The lowest BCUT2D eigenvalue weighted by Crippen LogP contribution is -2.48. The quantitative estimate of drug-likeness (QED) is 0.866. The lowest BCUT2D eigenvalue weighted by molar-refractivity contribution is -0.117. The summed E-state index contributed by atoms with van der Waals surface area (Å²) in [7, 11) is 3.44. The molecule has 3 rings (SSSR count). The van der Waals surface area contributed by atoms with E-state index in [1.165, 1.54) is 16.2 Å².